The van der Waals surface area contributed by atoms with Crippen molar-refractivity contribution in [1.82, 2.24) is 0 Å². The first-order valence-corrected chi connectivity index (χ1v) is 5.98. The van der Waals surface area contributed by atoms with Gasteiger partial charge in [-0.1, -0.05) is 0 Å². The zero-order valence-corrected chi connectivity index (χ0v) is 11.0. The van der Waals surface area contributed by atoms with Crippen molar-refractivity contribution < 1.29 is 23.8 Å². The first-order chi connectivity index (χ1) is 8.13. The molecule has 0 amide bonds. The molecule has 0 aromatic carbocycles. The van der Waals surface area contributed by atoms with E-state index in [4.69, 9.17) is 37.4 Å². The van der Waals surface area contributed by atoms with Gasteiger partial charge >= 0.3 is 0 Å². The third-order valence-corrected chi connectivity index (χ3v) is 1.92. The van der Waals surface area contributed by atoms with Crippen LogP contribution in [0.1, 0.15) is 12.8 Å². The Labute approximate surface area is 110 Å². The first-order valence-electron chi connectivity index (χ1n) is 5.23. The van der Waals surface area contributed by atoms with Gasteiger partial charge in [-0.15, -0.1) is 0 Å². The minimum atomic E-state index is -0.526. The van der Waals surface area contributed by atoms with Crippen LogP contribution in [0.3, 0.4) is 0 Å². The number of carbonyl (C=O) groups is 2. The van der Waals surface area contributed by atoms with Gasteiger partial charge in [-0.3, -0.25) is 9.59 Å². The molecule has 7 heteroatoms. The summed E-state index contributed by atoms with van der Waals surface area (Å²) in [6.07, 6.45) is 0.936. The van der Waals surface area contributed by atoms with Crippen LogP contribution in [-0.4, -0.2) is 50.1 Å². The van der Waals surface area contributed by atoms with Crippen LogP contribution in [0.4, 0.5) is 0 Å². The molecular weight excluding hydrogens is 271 g/mol. The van der Waals surface area contributed by atoms with Crippen LogP contribution in [0.2, 0.25) is 0 Å². The molecule has 0 aliphatic rings. The number of hydrogen-bond acceptors (Lipinski definition) is 5. The average Bonchev–Trinajstić information content (AvgIpc) is 2.25. The highest BCUT2D eigenvalue weighted by molar-refractivity contribution is 6.64. The SMILES string of the molecule is O=C(Cl)CCCOCCOCCOCC(=O)Cl. The molecule has 100 valence electrons. The van der Waals surface area contributed by atoms with E-state index in [1.807, 2.05) is 0 Å². The zero-order valence-electron chi connectivity index (χ0n) is 9.45. The van der Waals surface area contributed by atoms with Crippen LogP contribution < -0.4 is 0 Å². The summed E-state index contributed by atoms with van der Waals surface area (Å²) in [5, 5.41) is -0.877. The summed E-state index contributed by atoms with van der Waals surface area (Å²) in [5.41, 5.74) is 0. The molecule has 0 saturated carbocycles. The fourth-order valence-corrected chi connectivity index (χ4v) is 1.12. The monoisotopic (exact) mass is 286 g/mol. The van der Waals surface area contributed by atoms with Crippen molar-refractivity contribution in [1.29, 1.82) is 0 Å². The van der Waals surface area contributed by atoms with Crippen LogP contribution in [-0.2, 0) is 23.8 Å². The van der Waals surface area contributed by atoms with E-state index in [0.29, 0.717) is 45.9 Å². The molecule has 0 aromatic heterocycles. The van der Waals surface area contributed by atoms with Gasteiger partial charge in [-0.25, -0.2) is 0 Å². The molecule has 0 rings (SSSR count). The fourth-order valence-electron chi connectivity index (χ4n) is 0.905. The van der Waals surface area contributed by atoms with Crippen molar-refractivity contribution in [2.75, 3.05) is 39.6 Å². The van der Waals surface area contributed by atoms with Crippen molar-refractivity contribution in [3.05, 3.63) is 0 Å². The Hall–Kier alpha value is -0.200. The van der Waals surface area contributed by atoms with Crippen LogP contribution in [0, 0.1) is 0 Å². The third kappa shape index (κ3) is 15.8. The predicted molar refractivity (Wildman–Crippen MR) is 63.4 cm³/mol. The van der Waals surface area contributed by atoms with Gasteiger partial charge in [0.1, 0.15) is 6.61 Å². The van der Waals surface area contributed by atoms with Gasteiger partial charge in [0.2, 0.25) is 10.5 Å². The largest absolute Gasteiger partial charge is 0.379 e. The summed E-state index contributed by atoms with van der Waals surface area (Å²) in [6, 6.07) is 0. The van der Waals surface area contributed by atoms with Crippen molar-refractivity contribution in [2.45, 2.75) is 12.8 Å². The number of hydrogen-bond donors (Lipinski definition) is 0. The number of halogens is 2. The van der Waals surface area contributed by atoms with Gasteiger partial charge in [-0.2, -0.15) is 0 Å². The van der Waals surface area contributed by atoms with E-state index < -0.39 is 5.24 Å². The average molecular weight is 287 g/mol. The number of carbonyl (C=O) groups excluding carboxylic acids is 2. The van der Waals surface area contributed by atoms with Gasteiger partial charge in [0.15, 0.2) is 0 Å². The van der Waals surface area contributed by atoms with Gasteiger partial charge in [-0.05, 0) is 29.6 Å². The lowest BCUT2D eigenvalue weighted by Crippen LogP contribution is -2.11. The molecule has 0 radical (unpaired) electrons. The van der Waals surface area contributed by atoms with Gasteiger partial charge in [0.05, 0.1) is 26.4 Å². The Morgan fingerprint density at radius 3 is 1.82 bits per heavy atom. The van der Waals surface area contributed by atoms with Crippen LogP contribution in [0.5, 0.6) is 0 Å². The number of rotatable bonds is 12. The second-order valence-corrected chi connectivity index (χ2v) is 3.93. The zero-order chi connectivity index (χ0) is 12.9. The van der Waals surface area contributed by atoms with Gasteiger partial charge in [0, 0.05) is 13.0 Å². The molecule has 0 heterocycles. The molecule has 0 aliphatic carbocycles. The van der Waals surface area contributed by atoms with Crippen LogP contribution in [0.25, 0.3) is 0 Å². The fraction of sp³-hybridized carbons (Fsp3) is 0.800. The van der Waals surface area contributed by atoms with Crippen LogP contribution in [0.15, 0.2) is 0 Å². The molecule has 0 spiro atoms. The lowest BCUT2D eigenvalue weighted by atomic mass is 10.3. The van der Waals surface area contributed by atoms with E-state index in [9.17, 15) is 9.59 Å². The van der Waals surface area contributed by atoms with Gasteiger partial charge in [0.25, 0.3) is 0 Å². The Morgan fingerprint density at radius 1 is 0.765 bits per heavy atom. The molecule has 0 saturated heterocycles. The van der Waals surface area contributed by atoms with E-state index in [1.54, 1.807) is 0 Å². The highest BCUT2D eigenvalue weighted by Crippen LogP contribution is 1.94. The molecule has 0 N–H and O–H groups in total. The smallest absolute Gasteiger partial charge is 0.247 e. The lowest BCUT2D eigenvalue weighted by Gasteiger charge is -2.05. The van der Waals surface area contributed by atoms with Crippen molar-refractivity contribution in [2.24, 2.45) is 0 Å². The van der Waals surface area contributed by atoms with Crippen molar-refractivity contribution in [3.8, 4) is 0 Å². The van der Waals surface area contributed by atoms with E-state index >= 15 is 0 Å². The molecule has 0 aliphatic heterocycles. The summed E-state index contributed by atoms with van der Waals surface area (Å²) in [4.78, 5) is 20.6. The molecule has 0 atom stereocenters. The minimum Gasteiger partial charge on any atom is -0.379 e. The highest BCUT2D eigenvalue weighted by atomic mass is 35.5. The second-order valence-electron chi connectivity index (χ2n) is 3.09. The summed E-state index contributed by atoms with van der Waals surface area (Å²) in [6.45, 7) is 1.97. The maximum Gasteiger partial charge on any atom is 0.247 e. The van der Waals surface area contributed by atoms with Crippen molar-refractivity contribution in [3.63, 3.8) is 0 Å². The third-order valence-electron chi connectivity index (χ3n) is 1.62. The summed E-state index contributed by atoms with van der Waals surface area (Å²) in [7, 11) is 0. The molecule has 0 fully saturated rings. The maximum atomic E-state index is 10.4. The van der Waals surface area contributed by atoms with E-state index in [2.05, 4.69) is 0 Å². The Morgan fingerprint density at radius 2 is 1.29 bits per heavy atom. The molecule has 0 aromatic rings. The second kappa shape index (κ2) is 12.3. The normalized spacial score (nSPS) is 10.5. The Balaban J connectivity index is 2.98. The predicted octanol–water partition coefficient (Wildman–Crippen LogP) is 1.35. The highest BCUT2D eigenvalue weighted by Gasteiger charge is 1.97. The van der Waals surface area contributed by atoms with E-state index in [1.165, 1.54) is 0 Å². The minimum absolute atomic E-state index is 0.103. The van der Waals surface area contributed by atoms with E-state index in [0.717, 1.165) is 0 Å². The summed E-state index contributed by atoms with van der Waals surface area (Å²) < 4.78 is 15.2. The molecule has 17 heavy (non-hydrogen) atoms. The topological polar surface area (TPSA) is 61.8 Å². The quantitative estimate of drug-likeness (QED) is 0.400. The van der Waals surface area contributed by atoms with Crippen molar-refractivity contribution >= 4 is 33.7 Å². The standard InChI is InChI=1S/C10H16Cl2O5/c11-9(13)2-1-3-15-4-5-16-6-7-17-8-10(12)14/h1-8H2. The maximum absolute atomic E-state index is 10.4. The molecule has 0 bridgehead atoms. The summed E-state index contributed by atoms with van der Waals surface area (Å²) in [5.74, 6) is 0. The first kappa shape index (κ1) is 16.8. The van der Waals surface area contributed by atoms with Crippen LogP contribution >= 0.6 is 23.2 Å². The summed E-state index contributed by atoms with van der Waals surface area (Å²) >= 11 is 10.2. The van der Waals surface area contributed by atoms with E-state index in [-0.39, 0.29) is 11.8 Å². The molecule has 5 nitrogen and oxygen atoms in total. The Bertz CT molecular complexity index is 201. The van der Waals surface area contributed by atoms with Gasteiger partial charge < -0.3 is 14.2 Å². The number of ether oxygens (including phenoxy) is 3. The Kier molecular flexibility index (Phi) is 12.1. The molecular formula is C10H16Cl2O5. The molecule has 0 unspecified atom stereocenters. The lowest BCUT2D eigenvalue weighted by molar-refractivity contribution is -0.116.